The number of hydrogen-bond donors (Lipinski definition) is 1. The Balaban J connectivity index is 1.52. The highest BCUT2D eigenvalue weighted by molar-refractivity contribution is 7.13. The highest BCUT2D eigenvalue weighted by Gasteiger charge is 2.22. The number of pyridine rings is 1. The maximum atomic E-state index is 12.0. The van der Waals surface area contributed by atoms with E-state index in [2.05, 4.69) is 20.2 Å². The van der Waals surface area contributed by atoms with Crippen molar-refractivity contribution >= 4 is 22.4 Å². The Kier molecular flexibility index (Phi) is 4.45. The van der Waals surface area contributed by atoms with E-state index in [0.717, 1.165) is 31.1 Å². The number of piperidine rings is 1. The number of rotatable bonds is 4. The number of anilines is 1. The van der Waals surface area contributed by atoms with Gasteiger partial charge >= 0.3 is 0 Å². The molecular weight excluding hydrogens is 284 g/mol. The van der Waals surface area contributed by atoms with Gasteiger partial charge in [-0.1, -0.05) is 0 Å². The van der Waals surface area contributed by atoms with Crippen LogP contribution < -0.4 is 10.2 Å². The first kappa shape index (κ1) is 14.0. The fourth-order valence-corrected chi connectivity index (χ4v) is 3.29. The van der Waals surface area contributed by atoms with E-state index in [0.29, 0.717) is 18.0 Å². The molecule has 3 heterocycles. The summed E-state index contributed by atoms with van der Waals surface area (Å²) < 4.78 is 0. The molecule has 0 bridgehead atoms. The van der Waals surface area contributed by atoms with Gasteiger partial charge in [0, 0.05) is 43.6 Å². The van der Waals surface area contributed by atoms with Crippen molar-refractivity contribution in [1.29, 1.82) is 0 Å². The summed E-state index contributed by atoms with van der Waals surface area (Å²) in [6.45, 7) is 2.72. The lowest BCUT2D eigenvalue weighted by Gasteiger charge is -2.32. The van der Waals surface area contributed by atoms with Crippen molar-refractivity contribution in [2.24, 2.45) is 5.92 Å². The Morgan fingerprint density at radius 3 is 3.19 bits per heavy atom. The van der Waals surface area contributed by atoms with Crippen LogP contribution in [0.2, 0.25) is 0 Å². The molecule has 0 radical (unpaired) electrons. The molecule has 0 aliphatic carbocycles. The number of nitrogens with zero attached hydrogens (tertiary/aromatic N) is 3. The fourth-order valence-electron chi connectivity index (χ4n) is 2.61. The minimum absolute atomic E-state index is 0.0468. The predicted octanol–water partition coefficient (Wildman–Crippen LogP) is 2.18. The number of carbonyl (C=O) groups excluding carboxylic acids is 1. The molecule has 2 aromatic heterocycles. The maximum absolute atomic E-state index is 12.0. The zero-order valence-corrected chi connectivity index (χ0v) is 12.6. The van der Waals surface area contributed by atoms with E-state index < -0.39 is 0 Å². The third kappa shape index (κ3) is 3.58. The standard InChI is InChI=1S/C15H18N4OS/c20-14(13-4-1-5-16-10-13)18-9-12-3-2-7-19(11-12)15-17-6-8-21-15/h1,4-6,8,10,12H,2-3,7,9,11H2,(H,18,20). The van der Waals surface area contributed by atoms with Crippen molar-refractivity contribution in [2.45, 2.75) is 12.8 Å². The molecule has 1 atom stereocenters. The van der Waals surface area contributed by atoms with Gasteiger partial charge in [-0.25, -0.2) is 4.98 Å². The molecule has 0 saturated carbocycles. The van der Waals surface area contributed by atoms with Gasteiger partial charge in [0.2, 0.25) is 0 Å². The molecule has 6 heteroatoms. The molecule has 2 aromatic rings. The molecule has 21 heavy (non-hydrogen) atoms. The number of hydrogen-bond acceptors (Lipinski definition) is 5. The van der Waals surface area contributed by atoms with E-state index in [1.54, 1.807) is 35.9 Å². The first-order valence-electron chi connectivity index (χ1n) is 7.15. The molecule has 1 fully saturated rings. The number of amides is 1. The molecule has 1 unspecified atom stereocenters. The lowest BCUT2D eigenvalue weighted by atomic mass is 9.98. The molecule has 110 valence electrons. The monoisotopic (exact) mass is 302 g/mol. The van der Waals surface area contributed by atoms with Crippen molar-refractivity contribution in [1.82, 2.24) is 15.3 Å². The Morgan fingerprint density at radius 2 is 2.43 bits per heavy atom. The van der Waals surface area contributed by atoms with Crippen molar-refractivity contribution in [2.75, 3.05) is 24.5 Å². The van der Waals surface area contributed by atoms with Gasteiger partial charge in [-0.3, -0.25) is 9.78 Å². The van der Waals surface area contributed by atoms with E-state index in [1.165, 1.54) is 0 Å². The summed E-state index contributed by atoms with van der Waals surface area (Å²) in [4.78, 5) is 22.7. The normalized spacial score (nSPS) is 18.5. The van der Waals surface area contributed by atoms with Gasteiger partial charge in [-0.05, 0) is 30.9 Å². The second-order valence-corrected chi connectivity index (χ2v) is 6.09. The molecule has 1 saturated heterocycles. The Bertz CT molecular complexity index is 573. The molecule has 0 spiro atoms. The van der Waals surface area contributed by atoms with Crippen molar-refractivity contribution in [3.8, 4) is 0 Å². The molecule has 1 aliphatic heterocycles. The summed E-state index contributed by atoms with van der Waals surface area (Å²) >= 11 is 1.67. The first-order chi connectivity index (χ1) is 10.3. The largest absolute Gasteiger partial charge is 0.352 e. The lowest BCUT2D eigenvalue weighted by Crippen LogP contribution is -2.41. The summed E-state index contributed by atoms with van der Waals surface area (Å²) in [6, 6.07) is 3.56. The second kappa shape index (κ2) is 6.67. The number of thiazole rings is 1. The minimum Gasteiger partial charge on any atom is -0.352 e. The summed E-state index contributed by atoms with van der Waals surface area (Å²) in [5.41, 5.74) is 0.616. The quantitative estimate of drug-likeness (QED) is 0.940. The van der Waals surface area contributed by atoms with Crippen molar-refractivity contribution < 1.29 is 4.79 Å². The average Bonchev–Trinajstić information content (AvgIpc) is 3.08. The Morgan fingerprint density at radius 1 is 1.48 bits per heavy atom. The van der Waals surface area contributed by atoms with Gasteiger partial charge in [0.05, 0.1) is 5.56 Å². The van der Waals surface area contributed by atoms with Crippen molar-refractivity contribution in [3.05, 3.63) is 41.7 Å². The summed E-state index contributed by atoms with van der Waals surface area (Å²) in [7, 11) is 0. The van der Waals surface area contributed by atoms with E-state index in [9.17, 15) is 4.79 Å². The van der Waals surface area contributed by atoms with E-state index in [1.807, 2.05) is 11.6 Å². The van der Waals surface area contributed by atoms with Crippen LogP contribution in [0.15, 0.2) is 36.1 Å². The Hall–Kier alpha value is -1.95. The van der Waals surface area contributed by atoms with Crippen LogP contribution in [0.3, 0.4) is 0 Å². The summed E-state index contributed by atoms with van der Waals surface area (Å²) in [5.74, 6) is 0.428. The van der Waals surface area contributed by atoms with Crippen molar-refractivity contribution in [3.63, 3.8) is 0 Å². The third-order valence-corrected chi connectivity index (χ3v) is 4.52. The predicted molar refractivity (Wildman–Crippen MR) is 83.6 cm³/mol. The topological polar surface area (TPSA) is 58.1 Å². The van der Waals surface area contributed by atoms with Crippen LogP contribution in [-0.2, 0) is 0 Å². The SMILES string of the molecule is O=C(NCC1CCCN(c2nccs2)C1)c1cccnc1. The van der Waals surface area contributed by atoms with Crippen LogP contribution in [0, 0.1) is 5.92 Å². The summed E-state index contributed by atoms with van der Waals surface area (Å²) in [6.07, 6.45) is 7.40. The van der Waals surface area contributed by atoms with Gasteiger partial charge in [0.15, 0.2) is 5.13 Å². The molecular formula is C15H18N4OS. The zero-order chi connectivity index (χ0) is 14.5. The lowest BCUT2D eigenvalue weighted by molar-refractivity contribution is 0.0945. The van der Waals surface area contributed by atoms with Gasteiger partial charge in [0.1, 0.15) is 0 Å². The fraction of sp³-hybridized carbons (Fsp3) is 0.400. The van der Waals surface area contributed by atoms with E-state index >= 15 is 0 Å². The van der Waals surface area contributed by atoms with E-state index in [4.69, 9.17) is 0 Å². The molecule has 1 N–H and O–H groups in total. The highest BCUT2D eigenvalue weighted by Crippen LogP contribution is 2.24. The van der Waals surface area contributed by atoms with Crippen LogP contribution in [0.5, 0.6) is 0 Å². The third-order valence-electron chi connectivity index (χ3n) is 3.68. The molecule has 0 aromatic carbocycles. The van der Waals surface area contributed by atoms with Crippen LogP contribution >= 0.6 is 11.3 Å². The number of aromatic nitrogens is 2. The molecule has 1 aliphatic rings. The number of nitrogens with one attached hydrogen (secondary N) is 1. The average molecular weight is 302 g/mol. The Labute approximate surface area is 128 Å². The highest BCUT2D eigenvalue weighted by atomic mass is 32.1. The first-order valence-corrected chi connectivity index (χ1v) is 8.03. The molecule has 3 rings (SSSR count). The van der Waals surface area contributed by atoms with Crippen LogP contribution in [0.1, 0.15) is 23.2 Å². The van der Waals surface area contributed by atoms with Crippen LogP contribution in [0.4, 0.5) is 5.13 Å². The molecule has 1 amide bonds. The second-order valence-electron chi connectivity index (χ2n) is 5.22. The van der Waals surface area contributed by atoms with Crippen LogP contribution in [-0.4, -0.2) is 35.5 Å². The van der Waals surface area contributed by atoms with Crippen LogP contribution in [0.25, 0.3) is 0 Å². The van der Waals surface area contributed by atoms with Gasteiger partial charge in [-0.2, -0.15) is 0 Å². The number of carbonyl (C=O) groups is 1. The minimum atomic E-state index is -0.0468. The van der Waals surface area contributed by atoms with E-state index in [-0.39, 0.29) is 5.91 Å². The van der Waals surface area contributed by atoms with Gasteiger partial charge in [-0.15, -0.1) is 11.3 Å². The summed E-state index contributed by atoms with van der Waals surface area (Å²) in [5, 5.41) is 6.10. The zero-order valence-electron chi connectivity index (χ0n) is 11.7. The smallest absolute Gasteiger partial charge is 0.252 e. The molecule has 5 nitrogen and oxygen atoms in total. The maximum Gasteiger partial charge on any atom is 0.252 e. The van der Waals surface area contributed by atoms with Gasteiger partial charge < -0.3 is 10.2 Å². The van der Waals surface area contributed by atoms with Gasteiger partial charge in [0.25, 0.3) is 5.91 Å².